The summed E-state index contributed by atoms with van der Waals surface area (Å²) in [5.41, 5.74) is 1.65. The van der Waals surface area contributed by atoms with Gasteiger partial charge in [0.15, 0.2) is 0 Å². The highest BCUT2D eigenvalue weighted by molar-refractivity contribution is 5.89. The van der Waals surface area contributed by atoms with Crippen LogP contribution in [0.15, 0.2) is 54.6 Å². The maximum Gasteiger partial charge on any atom is 0.322 e. The van der Waals surface area contributed by atoms with E-state index in [1.165, 1.54) is 0 Å². The number of carbonyl (C=O) groups is 2. The first kappa shape index (κ1) is 20.3. The molecule has 0 unspecified atom stereocenters. The minimum Gasteiger partial charge on any atom is -0.494 e. The minimum atomic E-state index is -0.315. The number of rotatable bonds is 9. The van der Waals surface area contributed by atoms with E-state index in [0.29, 0.717) is 25.4 Å². The Bertz CT molecular complexity index is 717. The van der Waals surface area contributed by atoms with E-state index in [0.717, 1.165) is 11.3 Å². The number of carbonyl (C=O) groups excluding carboxylic acids is 2. The normalized spacial score (nSPS) is 10.1. The molecule has 2 aromatic carbocycles. The third kappa shape index (κ3) is 7.01. The van der Waals surface area contributed by atoms with Gasteiger partial charge in [-0.25, -0.2) is 4.79 Å². The lowest BCUT2D eigenvalue weighted by atomic mass is 10.2. The molecule has 0 saturated heterocycles. The summed E-state index contributed by atoms with van der Waals surface area (Å²) in [6, 6.07) is 16.6. The number of benzene rings is 2. The Hall–Kier alpha value is -3.02. The van der Waals surface area contributed by atoms with Crippen LogP contribution in [0.3, 0.4) is 0 Å². The number of amides is 2. The van der Waals surface area contributed by atoms with Crippen molar-refractivity contribution in [2.45, 2.75) is 26.8 Å². The SMILES string of the molecule is CCOC(=O)CCN(Cc1ccccc1)C(=O)Nc1ccc(OCC)cc1. The molecule has 0 bridgehead atoms. The van der Waals surface area contributed by atoms with Crippen LogP contribution in [0, 0.1) is 0 Å². The Morgan fingerprint density at radius 3 is 2.30 bits per heavy atom. The molecule has 2 amide bonds. The molecule has 0 fully saturated rings. The van der Waals surface area contributed by atoms with E-state index in [2.05, 4.69) is 5.32 Å². The zero-order valence-corrected chi connectivity index (χ0v) is 15.8. The summed E-state index contributed by atoms with van der Waals surface area (Å²) in [4.78, 5) is 26.0. The van der Waals surface area contributed by atoms with Crippen molar-refractivity contribution in [2.24, 2.45) is 0 Å². The maximum absolute atomic E-state index is 12.7. The van der Waals surface area contributed by atoms with Crippen LogP contribution in [0.2, 0.25) is 0 Å². The van der Waals surface area contributed by atoms with E-state index in [-0.39, 0.29) is 25.0 Å². The lowest BCUT2D eigenvalue weighted by Crippen LogP contribution is -2.36. The van der Waals surface area contributed by atoms with Crippen LogP contribution in [0.5, 0.6) is 5.75 Å². The van der Waals surface area contributed by atoms with Crippen molar-refractivity contribution in [2.75, 3.05) is 25.1 Å². The Morgan fingerprint density at radius 1 is 0.963 bits per heavy atom. The molecular weight excluding hydrogens is 344 g/mol. The zero-order chi connectivity index (χ0) is 19.5. The smallest absolute Gasteiger partial charge is 0.322 e. The first-order chi connectivity index (χ1) is 13.1. The fraction of sp³-hybridized carbons (Fsp3) is 0.333. The number of hydrogen-bond donors (Lipinski definition) is 1. The van der Waals surface area contributed by atoms with Gasteiger partial charge in [-0.3, -0.25) is 4.79 Å². The summed E-state index contributed by atoms with van der Waals surface area (Å²) < 4.78 is 10.4. The fourth-order valence-electron chi connectivity index (χ4n) is 2.52. The molecule has 144 valence electrons. The Balaban J connectivity index is 2.03. The molecule has 0 spiro atoms. The average Bonchev–Trinajstić information content (AvgIpc) is 2.68. The van der Waals surface area contributed by atoms with Gasteiger partial charge >= 0.3 is 12.0 Å². The number of anilines is 1. The van der Waals surface area contributed by atoms with Crippen molar-refractivity contribution in [1.82, 2.24) is 4.90 Å². The molecule has 0 radical (unpaired) electrons. The Labute approximate surface area is 160 Å². The Morgan fingerprint density at radius 2 is 1.67 bits per heavy atom. The average molecular weight is 370 g/mol. The van der Waals surface area contributed by atoms with Crippen molar-refractivity contribution < 1.29 is 19.1 Å². The second-order valence-electron chi connectivity index (χ2n) is 5.85. The van der Waals surface area contributed by atoms with Crippen LogP contribution < -0.4 is 10.1 Å². The predicted molar refractivity (Wildman–Crippen MR) is 105 cm³/mol. The van der Waals surface area contributed by atoms with Gasteiger partial charge in [-0.1, -0.05) is 30.3 Å². The highest BCUT2D eigenvalue weighted by Crippen LogP contribution is 2.16. The van der Waals surface area contributed by atoms with E-state index in [1.807, 2.05) is 37.3 Å². The predicted octanol–water partition coefficient (Wildman–Crippen LogP) is 4.07. The molecule has 2 aromatic rings. The van der Waals surface area contributed by atoms with E-state index in [9.17, 15) is 9.59 Å². The van der Waals surface area contributed by atoms with Crippen molar-refractivity contribution in [3.63, 3.8) is 0 Å². The monoisotopic (exact) mass is 370 g/mol. The minimum absolute atomic E-state index is 0.150. The quantitative estimate of drug-likeness (QED) is 0.676. The third-order valence-electron chi connectivity index (χ3n) is 3.81. The van der Waals surface area contributed by atoms with Gasteiger partial charge in [0.1, 0.15) is 5.75 Å². The van der Waals surface area contributed by atoms with E-state index >= 15 is 0 Å². The molecule has 2 rings (SSSR count). The third-order valence-corrected chi connectivity index (χ3v) is 3.81. The highest BCUT2D eigenvalue weighted by Gasteiger charge is 2.16. The standard InChI is InChI=1S/C21H26N2O4/c1-3-26-19-12-10-18(11-13-19)22-21(25)23(15-14-20(24)27-4-2)16-17-8-6-5-7-9-17/h5-13H,3-4,14-16H2,1-2H3,(H,22,25). The van der Waals surface area contributed by atoms with E-state index in [4.69, 9.17) is 9.47 Å². The number of urea groups is 1. The molecule has 0 heterocycles. The second-order valence-corrected chi connectivity index (χ2v) is 5.85. The lowest BCUT2D eigenvalue weighted by Gasteiger charge is -2.23. The number of nitrogens with one attached hydrogen (secondary N) is 1. The van der Waals surface area contributed by atoms with Crippen LogP contribution in [-0.2, 0) is 16.1 Å². The van der Waals surface area contributed by atoms with Crippen LogP contribution in [0.25, 0.3) is 0 Å². The lowest BCUT2D eigenvalue weighted by molar-refractivity contribution is -0.143. The summed E-state index contributed by atoms with van der Waals surface area (Å²) in [6.45, 7) is 5.28. The number of hydrogen-bond acceptors (Lipinski definition) is 4. The zero-order valence-electron chi connectivity index (χ0n) is 15.8. The number of ether oxygens (including phenoxy) is 2. The molecule has 0 aliphatic carbocycles. The van der Waals surface area contributed by atoms with E-state index in [1.54, 1.807) is 36.1 Å². The van der Waals surface area contributed by atoms with Gasteiger partial charge in [0.2, 0.25) is 0 Å². The van der Waals surface area contributed by atoms with Crippen LogP contribution in [0.4, 0.5) is 10.5 Å². The maximum atomic E-state index is 12.7. The molecule has 0 atom stereocenters. The van der Waals surface area contributed by atoms with Crippen molar-refractivity contribution in [3.8, 4) is 5.75 Å². The van der Waals surface area contributed by atoms with Gasteiger partial charge in [0.25, 0.3) is 0 Å². The van der Waals surface area contributed by atoms with Crippen LogP contribution >= 0.6 is 0 Å². The molecule has 0 saturated carbocycles. The molecular formula is C21H26N2O4. The number of nitrogens with zero attached hydrogens (tertiary/aromatic N) is 1. The largest absolute Gasteiger partial charge is 0.494 e. The van der Waals surface area contributed by atoms with Crippen LogP contribution in [0.1, 0.15) is 25.8 Å². The molecule has 6 nitrogen and oxygen atoms in total. The highest BCUT2D eigenvalue weighted by atomic mass is 16.5. The first-order valence-electron chi connectivity index (χ1n) is 9.10. The molecule has 1 N–H and O–H groups in total. The second kappa shape index (κ2) is 10.9. The summed E-state index contributed by atoms with van der Waals surface area (Å²) in [5.74, 6) is 0.434. The van der Waals surface area contributed by atoms with Crippen LogP contribution in [-0.4, -0.2) is 36.7 Å². The van der Waals surface area contributed by atoms with E-state index < -0.39 is 0 Å². The van der Waals surface area contributed by atoms with Gasteiger partial charge in [-0.05, 0) is 43.7 Å². The summed E-state index contributed by atoms with van der Waals surface area (Å²) in [6.07, 6.45) is 0.150. The molecule has 0 aliphatic rings. The summed E-state index contributed by atoms with van der Waals surface area (Å²) in [5, 5.41) is 2.87. The molecule has 6 heteroatoms. The summed E-state index contributed by atoms with van der Waals surface area (Å²) >= 11 is 0. The fourth-order valence-corrected chi connectivity index (χ4v) is 2.52. The molecule has 0 aliphatic heterocycles. The molecule has 27 heavy (non-hydrogen) atoms. The van der Waals surface area contributed by atoms with Gasteiger partial charge in [0.05, 0.1) is 19.6 Å². The van der Waals surface area contributed by atoms with Crippen molar-refractivity contribution in [3.05, 3.63) is 60.2 Å². The molecule has 0 aromatic heterocycles. The van der Waals surface area contributed by atoms with Crippen molar-refractivity contribution in [1.29, 1.82) is 0 Å². The van der Waals surface area contributed by atoms with Gasteiger partial charge in [-0.2, -0.15) is 0 Å². The first-order valence-corrected chi connectivity index (χ1v) is 9.10. The van der Waals surface area contributed by atoms with Gasteiger partial charge in [-0.15, -0.1) is 0 Å². The Kier molecular flexibility index (Phi) is 8.16. The van der Waals surface area contributed by atoms with Gasteiger partial charge < -0.3 is 19.7 Å². The topological polar surface area (TPSA) is 67.9 Å². The summed E-state index contributed by atoms with van der Waals surface area (Å²) in [7, 11) is 0. The number of esters is 1. The van der Waals surface area contributed by atoms with Gasteiger partial charge in [0, 0.05) is 18.8 Å². The van der Waals surface area contributed by atoms with Crippen molar-refractivity contribution >= 4 is 17.7 Å².